The summed E-state index contributed by atoms with van der Waals surface area (Å²) in [6, 6.07) is 70.5. The first-order chi connectivity index (χ1) is 37.3. The maximum absolute atomic E-state index is 2.62. The van der Waals surface area contributed by atoms with E-state index in [0.29, 0.717) is 0 Å². The van der Waals surface area contributed by atoms with Gasteiger partial charge in [0.2, 0.25) is 0 Å². The molecule has 13 rings (SSSR count). The van der Waals surface area contributed by atoms with E-state index in [1.807, 2.05) is 0 Å². The summed E-state index contributed by atoms with van der Waals surface area (Å²) in [5, 5.41) is 5.26. The third-order valence-corrected chi connectivity index (χ3v) is 17.4. The van der Waals surface area contributed by atoms with Crippen LogP contribution in [-0.2, 0) is 27.1 Å². The Hall–Kier alpha value is -7.76. The molecule has 0 bridgehead atoms. The lowest BCUT2D eigenvalue weighted by atomic mass is 9.33. The van der Waals surface area contributed by atoms with Gasteiger partial charge in [0, 0.05) is 67.0 Å². The van der Waals surface area contributed by atoms with Crippen LogP contribution >= 0.6 is 0 Å². The van der Waals surface area contributed by atoms with Crippen molar-refractivity contribution in [2.24, 2.45) is 0 Å². The number of rotatable bonds is 5. The molecule has 0 aliphatic carbocycles. The minimum Gasteiger partial charge on any atom is -0.311 e. The summed E-state index contributed by atoms with van der Waals surface area (Å²) >= 11 is 0. The molecular weight excluding hydrogens is 956 g/mol. The highest BCUT2D eigenvalue weighted by Crippen LogP contribution is 2.51. The number of hydrogen-bond acceptors (Lipinski definition) is 3. The van der Waals surface area contributed by atoms with Crippen molar-refractivity contribution >= 4 is 112 Å². The van der Waals surface area contributed by atoms with Gasteiger partial charge in [0.15, 0.2) is 0 Å². The Morgan fingerprint density at radius 2 is 0.734 bits per heavy atom. The van der Waals surface area contributed by atoms with Gasteiger partial charge in [-0.3, -0.25) is 0 Å². The molecule has 4 nitrogen and oxygen atoms in total. The fraction of sp³-hybridized carbons (Fsp3) is 0.270. The summed E-state index contributed by atoms with van der Waals surface area (Å²) in [4.78, 5) is 7.65. The number of fused-ring (bicyclic) bond motifs is 10. The highest BCUT2D eigenvalue weighted by atomic mass is 15.2. The zero-order valence-corrected chi connectivity index (χ0v) is 49.2. The molecule has 4 heterocycles. The number of aromatic nitrogens is 1. The highest BCUT2D eigenvalue weighted by molar-refractivity contribution is 7.00. The average molecular weight is 1030 g/mol. The van der Waals surface area contributed by atoms with Gasteiger partial charge in [-0.25, -0.2) is 0 Å². The molecule has 0 saturated heterocycles. The van der Waals surface area contributed by atoms with E-state index in [-0.39, 0.29) is 33.8 Å². The highest BCUT2D eigenvalue weighted by Gasteiger charge is 2.45. The zero-order valence-electron chi connectivity index (χ0n) is 49.2. The van der Waals surface area contributed by atoms with Gasteiger partial charge in [0.1, 0.15) is 0 Å². The van der Waals surface area contributed by atoms with E-state index in [1.165, 1.54) is 105 Å². The first kappa shape index (κ1) is 50.7. The largest absolute Gasteiger partial charge is 0.311 e. The Balaban J connectivity index is 1.20. The fourth-order valence-electron chi connectivity index (χ4n) is 12.9. The number of hydrogen-bond donors (Lipinski definition) is 0. The van der Waals surface area contributed by atoms with Crippen molar-refractivity contribution in [2.45, 2.75) is 131 Å². The monoisotopic (exact) mass is 1030 g/mol. The lowest BCUT2D eigenvalue weighted by molar-refractivity contribution is 0.590. The first-order valence-corrected chi connectivity index (χ1v) is 28.7. The number of nitrogens with zero attached hydrogens (tertiary/aromatic N) is 4. The smallest absolute Gasteiger partial charge is 0.252 e. The molecule has 5 heteroatoms. The minimum atomic E-state index is -0.0962. The van der Waals surface area contributed by atoms with Gasteiger partial charge in [-0.1, -0.05) is 189 Å². The Kier molecular flexibility index (Phi) is 11.2. The zero-order chi connectivity index (χ0) is 55.5. The van der Waals surface area contributed by atoms with Crippen LogP contribution in [0.2, 0.25) is 0 Å². The van der Waals surface area contributed by atoms with Crippen LogP contribution in [-0.4, -0.2) is 11.1 Å². The molecule has 0 N–H and O–H groups in total. The maximum atomic E-state index is 2.62. The van der Waals surface area contributed by atoms with Crippen LogP contribution in [0, 0.1) is 0 Å². The van der Waals surface area contributed by atoms with Crippen LogP contribution in [0.15, 0.2) is 182 Å². The van der Waals surface area contributed by atoms with E-state index >= 15 is 0 Å². The second-order valence-electron chi connectivity index (χ2n) is 28.0. The molecule has 79 heavy (non-hydrogen) atoms. The third kappa shape index (κ3) is 8.16. The number of para-hydroxylation sites is 2. The molecule has 394 valence electrons. The van der Waals surface area contributed by atoms with Crippen molar-refractivity contribution < 1.29 is 0 Å². The maximum Gasteiger partial charge on any atom is 0.252 e. The van der Waals surface area contributed by atoms with Crippen molar-refractivity contribution in [1.82, 2.24) is 4.40 Å². The van der Waals surface area contributed by atoms with Crippen LogP contribution < -0.4 is 31.1 Å². The van der Waals surface area contributed by atoms with E-state index < -0.39 is 0 Å². The first-order valence-electron chi connectivity index (χ1n) is 28.7. The van der Waals surface area contributed by atoms with Crippen molar-refractivity contribution in [2.75, 3.05) is 14.7 Å². The molecule has 0 saturated carbocycles. The summed E-state index contributed by atoms with van der Waals surface area (Å²) in [5.41, 5.74) is 24.6. The van der Waals surface area contributed by atoms with Crippen molar-refractivity contribution in [1.29, 1.82) is 0 Å². The lowest BCUT2D eigenvalue weighted by Crippen LogP contribution is -2.61. The number of benzene rings is 9. The van der Waals surface area contributed by atoms with Crippen molar-refractivity contribution in [3.63, 3.8) is 0 Å². The van der Waals surface area contributed by atoms with Gasteiger partial charge in [-0.05, 0) is 168 Å². The van der Waals surface area contributed by atoms with Gasteiger partial charge >= 0.3 is 0 Å². The Bertz CT molecular complexity index is 4150. The van der Waals surface area contributed by atoms with Gasteiger partial charge in [-0.15, -0.1) is 0 Å². The Morgan fingerprint density at radius 3 is 1.23 bits per heavy atom. The predicted octanol–water partition coefficient (Wildman–Crippen LogP) is 18.9. The van der Waals surface area contributed by atoms with Gasteiger partial charge in [0.25, 0.3) is 6.71 Å². The third-order valence-electron chi connectivity index (χ3n) is 17.4. The molecule has 11 aromatic rings. The molecule has 0 atom stereocenters. The summed E-state index contributed by atoms with van der Waals surface area (Å²) in [6.45, 7) is 34.9. The molecule has 2 aromatic heterocycles. The normalized spacial score (nSPS) is 13.9. The van der Waals surface area contributed by atoms with E-state index in [4.69, 9.17) is 0 Å². The summed E-state index contributed by atoms with van der Waals surface area (Å²) in [6.07, 6.45) is 0. The van der Waals surface area contributed by atoms with E-state index in [0.717, 1.165) is 28.4 Å². The molecule has 2 aliphatic rings. The molecule has 0 spiro atoms. The SMILES string of the molecule is CC(C)(C)c1ccc(N2c3ccc(C(C)(C)C)cc3B3c4cc5c6cc(C(C)(C)C)cc7c8cc(C(C)(C)C)ccc8n(c5cc4N(c4ccc(C(C)(C)C)cc4)c4cc(N(c5ccccc5)c5ccccc5)cc2c43)c76)cc1. The molecule has 0 unspecified atom stereocenters. The fourth-order valence-corrected chi connectivity index (χ4v) is 12.9. The molecule has 0 fully saturated rings. The van der Waals surface area contributed by atoms with Gasteiger partial charge in [-0.2, -0.15) is 0 Å². The number of anilines is 9. The quantitative estimate of drug-likeness (QED) is 0.160. The summed E-state index contributed by atoms with van der Waals surface area (Å²) < 4.78 is 2.61. The molecular formula is C74H75BN4. The standard InChI is InChI=1S/C74H75BN4/c1-70(2,3)46-26-32-53(33-27-46)77-63-37-31-49(73(10,11)12)41-60(63)75-61-44-57-59-40-50(74(13,14)15)39-58-56-38-48(72(7,8)9)30-36-62(56)79(69(58)59)64(57)45-65(61)78(54-34-28-47(29-35-54)71(4,5)6)67-43-55(42-66(77)68(67)75)76(51-22-18-16-19-23-51)52-24-20-17-21-25-52/h16-45H,1-15H3. The summed E-state index contributed by atoms with van der Waals surface area (Å²) in [5.74, 6) is 0. The second-order valence-corrected chi connectivity index (χ2v) is 28.0. The molecule has 0 radical (unpaired) electrons. The van der Waals surface area contributed by atoms with E-state index in [9.17, 15) is 0 Å². The van der Waals surface area contributed by atoms with Crippen LogP contribution in [0.1, 0.15) is 132 Å². The van der Waals surface area contributed by atoms with Gasteiger partial charge in [0.05, 0.1) is 22.2 Å². The molecule has 2 aliphatic heterocycles. The van der Waals surface area contributed by atoms with E-state index in [1.54, 1.807) is 0 Å². The minimum absolute atomic E-state index is 0.00350. The Labute approximate surface area is 469 Å². The predicted molar refractivity (Wildman–Crippen MR) is 343 cm³/mol. The van der Waals surface area contributed by atoms with Crippen LogP contribution in [0.3, 0.4) is 0 Å². The Morgan fingerprint density at radius 1 is 0.316 bits per heavy atom. The molecule has 9 aromatic carbocycles. The second kappa shape index (κ2) is 17.4. The van der Waals surface area contributed by atoms with E-state index in [2.05, 4.69) is 305 Å². The topological polar surface area (TPSA) is 14.1 Å². The van der Waals surface area contributed by atoms with Crippen molar-refractivity contribution in [3.8, 4) is 0 Å². The molecule has 0 amide bonds. The van der Waals surface area contributed by atoms with Crippen LogP contribution in [0.5, 0.6) is 0 Å². The summed E-state index contributed by atoms with van der Waals surface area (Å²) in [7, 11) is 0. The lowest BCUT2D eigenvalue weighted by Gasteiger charge is -2.45. The van der Waals surface area contributed by atoms with Gasteiger partial charge < -0.3 is 19.1 Å². The average Bonchev–Trinajstić information content (AvgIpc) is 3.55. The van der Waals surface area contributed by atoms with Crippen molar-refractivity contribution in [3.05, 3.63) is 210 Å². The van der Waals surface area contributed by atoms with Crippen LogP contribution in [0.4, 0.5) is 51.2 Å². The van der Waals surface area contributed by atoms with Crippen LogP contribution in [0.25, 0.3) is 38.1 Å².